The lowest BCUT2D eigenvalue weighted by Crippen LogP contribution is -2.28. The zero-order valence-corrected chi connectivity index (χ0v) is 16.4. The second-order valence-electron chi connectivity index (χ2n) is 7.25. The molecule has 0 unspecified atom stereocenters. The quantitative estimate of drug-likeness (QED) is 0.687. The van der Waals surface area contributed by atoms with Gasteiger partial charge in [0.05, 0.1) is 4.90 Å². The molecule has 1 aliphatic heterocycles. The standard InChI is InChI=1S/C20H18N4O4S/c1-11(21-18-14-4-2-3-5-17(14)29(26,27)24-18)19(25)22-13-8-9-16-15(10-13)23-20(28-16)12-6-7-12/h2-5,8-12H,6-7H2,1H3,(H,21,24)(H,22,25)/t11-/m0/s1. The Bertz CT molecular complexity index is 1270. The maximum atomic E-state index is 12.6. The first kappa shape index (κ1) is 17.9. The first-order valence-corrected chi connectivity index (χ1v) is 10.8. The highest BCUT2D eigenvalue weighted by Gasteiger charge is 2.31. The van der Waals surface area contributed by atoms with E-state index in [2.05, 4.69) is 20.0 Å². The molecule has 5 rings (SSSR count). The van der Waals surface area contributed by atoms with Gasteiger partial charge in [-0.05, 0) is 50.1 Å². The van der Waals surface area contributed by atoms with Crippen LogP contribution in [-0.2, 0) is 14.8 Å². The van der Waals surface area contributed by atoms with Crippen molar-refractivity contribution in [2.45, 2.75) is 36.6 Å². The van der Waals surface area contributed by atoms with Crippen LogP contribution in [0.2, 0.25) is 0 Å². The molecule has 0 spiro atoms. The fourth-order valence-electron chi connectivity index (χ4n) is 3.26. The van der Waals surface area contributed by atoms with Gasteiger partial charge in [-0.1, -0.05) is 12.1 Å². The van der Waals surface area contributed by atoms with Crippen molar-refractivity contribution in [1.82, 2.24) is 9.71 Å². The number of benzene rings is 2. The van der Waals surface area contributed by atoms with E-state index in [0.29, 0.717) is 28.3 Å². The predicted octanol–water partition coefficient (Wildman–Crippen LogP) is 2.77. The van der Waals surface area contributed by atoms with E-state index in [1.165, 1.54) is 6.07 Å². The Balaban J connectivity index is 1.36. The monoisotopic (exact) mass is 410 g/mol. The van der Waals surface area contributed by atoms with Crippen LogP contribution < -0.4 is 10.0 Å². The smallest absolute Gasteiger partial charge is 0.263 e. The van der Waals surface area contributed by atoms with Gasteiger partial charge in [0, 0.05) is 17.2 Å². The van der Waals surface area contributed by atoms with E-state index >= 15 is 0 Å². The molecule has 1 amide bonds. The highest BCUT2D eigenvalue weighted by Crippen LogP contribution is 2.40. The van der Waals surface area contributed by atoms with Gasteiger partial charge < -0.3 is 9.73 Å². The molecule has 2 aromatic carbocycles. The Labute approximate surface area is 167 Å². The highest BCUT2D eigenvalue weighted by atomic mass is 32.2. The Morgan fingerprint density at radius 1 is 1.28 bits per heavy atom. The number of nitrogens with zero attached hydrogens (tertiary/aromatic N) is 2. The van der Waals surface area contributed by atoms with Crippen molar-refractivity contribution in [2.24, 2.45) is 4.99 Å². The average Bonchev–Trinajstić information content (AvgIpc) is 3.41. The minimum atomic E-state index is -3.64. The molecular formula is C20H18N4O4S. The molecule has 29 heavy (non-hydrogen) atoms. The zero-order chi connectivity index (χ0) is 20.2. The van der Waals surface area contributed by atoms with E-state index < -0.39 is 16.1 Å². The van der Waals surface area contributed by atoms with Crippen LogP contribution >= 0.6 is 0 Å². The van der Waals surface area contributed by atoms with Crippen LogP contribution in [0.4, 0.5) is 5.69 Å². The van der Waals surface area contributed by atoms with Gasteiger partial charge in [0.2, 0.25) is 5.91 Å². The number of hydrogen-bond acceptors (Lipinski definition) is 6. The number of anilines is 1. The van der Waals surface area contributed by atoms with Crippen molar-refractivity contribution >= 4 is 38.6 Å². The third kappa shape index (κ3) is 3.27. The van der Waals surface area contributed by atoms with Crippen LogP contribution in [0.5, 0.6) is 0 Å². The van der Waals surface area contributed by atoms with Gasteiger partial charge in [-0.25, -0.2) is 13.4 Å². The van der Waals surface area contributed by atoms with E-state index in [1.54, 1.807) is 43.3 Å². The molecule has 1 fully saturated rings. The minimum absolute atomic E-state index is 0.161. The first-order valence-electron chi connectivity index (χ1n) is 9.32. The molecule has 1 aromatic heterocycles. The second-order valence-corrected chi connectivity index (χ2v) is 8.90. The summed E-state index contributed by atoms with van der Waals surface area (Å²) in [6.07, 6.45) is 2.20. The second kappa shape index (κ2) is 6.41. The highest BCUT2D eigenvalue weighted by molar-refractivity contribution is 7.90. The molecular weight excluding hydrogens is 392 g/mol. The third-order valence-corrected chi connectivity index (χ3v) is 6.36. The van der Waals surface area contributed by atoms with Gasteiger partial charge in [0.25, 0.3) is 10.0 Å². The Morgan fingerprint density at radius 3 is 2.86 bits per heavy atom. The third-order valence-electron chi connectivity index (χ3n) is 4.96. The SMILES string of the molecule is C[C@H](N=C1NS(=O)(=O)c2ccccc21)C(=O)Nc1ccc2oc(C3CC3)nc2c1. The number of fused-ring (bicyclic) bond motifs is 2. The predicted molar refractivity (Wildman–Crippen MR) is 107 cm³/mol. The topological polar surface area (TPSA) is 114 Å². The Kier molecular flexibility index (Phi) is 3.95. The summed E-state index contributed by atoms with van der Waals surface area (Å²) >= 11 is 0. The summed E-state index contributed by atoms with van der Waals surface area (Å²) in [5.74, 6) is 0.973. The number of amidine groups is 1. The molecule has 1 saturated carbocycles. The lowest BCUT2D eigenvalue weighted by Gasteiger charge is -2.09. The summed E-state index contributed by atoms with van der Waals surface area (Å²) in [7, 11) is -3.64. The number of sulfonamides is 1. The summed E-state index contributed by atoms with van der Waals surface area (Å²) in [4.78, 5) is 21.5. The molecule has 9 heteroatoms. The van der Waals surface area contributed by atoms with Gasteiger partial charge in [-0.2, -0.15) is 0 Å². The summed E-state index contributed by atoms with van der Waals surface area (Å²) in [6, 6.07) is 11.0. The number of aliphatic imine (C=N–C) groups is 1. The summed E-state index contributed by atoms with van der Waals surface area (Å²) < 4.78 is 32.5. The molecule has 148 valence electrons. The van der Waals surface area contributed by atoms with Crippen molar-refractivity contribution in [2.75, 3.05) is 5.32 Å². The van der Waals surface area contributed by atoms with E-state index in [9.17, 15) is 13.2 Å². The van der Waals surface area contributed by atoms with Crippen LogP contribution in [0, 0.1) is 0 Å². The first-order chi connectivity index (χ1) is 13.9. The van der Waals surface area contributed by atoms with E-state index in [4.69, 9.17) is 4.42 Å². The maximum Gasteiger partial charge on any atom is 0.263 e. The van der Waals surface area contributed by atoms with Gasteiger partial charge >= 0.3 is 0 Å². The fraction of sp³-hybridized carbons (Fsp3) is 0.250. The molecule has 1 aliphatic carbocycles. The van der Waals surface area contributed by atoms with Gasteiger partial charge in [-0.3, -0.25) is 14.5 Å². The number of amides is 1. The molecule has 0 bridgehead atoms. The lowest BCUT2D eigenvalue weighted by atomic mass is 10.2. The Hall–Kier alpha value is -3.20. The summed E-state index contributed by atoms with van der Waals surface area (Å²) in [5, 5.41) is 2.80. The van der Waals surface area contributed by atoms with E-state index in [-0.39, 0.29) is 16.6 Å². The van der Waals surface area contributed by atoms with Crippen LogP contribution in [0.3, 0.4) is 0 Å². The van der Waals surface area contributed by atoms with Gasteiger partial charge in [0.1, 0.15) is 17.4 Å². The summed E-state index contributed by atoms with van der Waals surface area (Å²) in [6.45, 7) is 1.61. The van der Waals surface area contributed by atoms with Crippen molar-refractivity contribution in [3.63, 3.8) is 0 Å². The van der Waals surface area contributed by atoms with Gasteiger partial charge in [0.15, 0.2) is 11.5 Å². The van der Waals surface area contributed by atoms with Crippen molar-refractivity contribution in [3.05, 3.63) is 53.9 Å². The molecule has 2 N–H and O–H groups in total. The number of rotatable bonds is 4. The van der Waals surface area contributed by atoms with E-state index in [0.717, 1.165) is 18.7 Å². The maximum absolute atomic E-state index is 12.6. The van der Waals surface area contributed by atoms with Crippen molar-refractivity contribution in [1.29, 1.82) is 0 Å². The fourth-order valence-corrected chi connectivity index (χ4v) is 4.50. The zero-order valence-electron chi connectivity index (χ0n) is 15.5. The minimum Gasteiger partial charge on any atom is -0.440 e. The van der Waals surface area contributed by atoms with Crippen LogP contribution in [-0.4, -0.2) is 31.2 Å². The van der Waals surface area contributed by atoms with Crippen LogP contribution in [0.25, 0.3) is 11.1 Å². The number of aromatic nitrogens is 1. The summed E-state index contributed by atoms with van der Waals surface area (Å²) in [5.41, 5.74) is 2.43. The molecule has 2 heterocycles. The Morgan fingerprint density at radius 2 is 2.07 bits per heavy atom. The average molecular weight is 410 g/mol. The van der Waals surface area contributed by atoms with Gasteiger partial charge in [-0.15, -0.1) is 0 Å². The number of nitrogens with one attached hydrogen (secondary N) is 2. The molecule has 0 radical (unpaired) electrons. The molecule has 8 nitrogen and oxygen atoms in total. The van der Waals surface area contributed by atoms with Crippen molar-refractivity contribution in [3.8, 4) is 0 Å². The van der Waals surface area contributed by atoms with Crippen LogP contribution in [0.15, 0.2) is 56.8 Å². The molecule has 2 aliphatic rings. The lowest BCUT2D eigenvalue weighted by molar-refractivity contribution is -0.117. The number of oxazole rings is 1. The number of carbonyl (C=O) groups excluding carboxylic acids is 1. The largest absolute Gasteiger partial charge is 0.440 e. The molecule has 3 aromatic rings. The normalized spacial score (nSPS) is 19.7. The van der Waals surface area contributed by atoms with Crippen molar-refractivity contribution < 1.29 is 17.6 Å². The van der Waals surface area contributed by atoms with Crippen LogP contribution in [0.1, 0.15) is 37.1 Å². The van der Waals surface area contributed by atoms with E-state index in [1.807, 2.05) is 0 Å². The number of carbonyl (C=O) groups is 1. The molecule has 1 atom stereocenters. The molecule has 0 saturated heterocycles. The number of hydrogen-bond donors (Lipinski definition) is 2.